The van der Waals surface area contributed by atoms with Crippen LogP contribution in [0.3, 0.4) is 0 Å². The van der Waals surface area contributed by atoms with Gasteiger partial charge in [-0.05, 0) is 55.0 Å². The Morgan fingerprint density at radius 3 is 2.14 bits per heavy atom. The smallest absolute Gasteiger partial charge is 0.269 e. The second-order valence-electron chi connectivity index (χ2n) is 11.0. The number of benzene rings is 4. The number of nitro benzene ring substituents is 1. The average Bonchev–Trinajstić information content (AvgIpc) is 3.53. The van der Waals surface area contributed by atoms with Crippen molar-refractivity contribution in [3.05, 3.63) is 147 Å². The average molecular weight is 590 g/mol. The van der Waals surface area contributed by atoms with Crippen LogP contribution < -0.4 is 5.73 Å². The van der Waals surface area contributed by atoms with Crippen molar-refractivity contribution < 1.29 is 15.1 Å². The minimum atomic E-state index is -0.711. The van der Waals surface area contributed by atoms with Crippen molar-refractivity contribution in [3.63, 3.8) is 0 Å². The number of aliphatic hydroxyl groups excluding tert-OH is 2. The van der Waals surface area contributed by atoms with Gasteiger partial charge in [0.25, 0.3) is 5.69 Å². The van der Waals surface area contributed by atoms with Crippen molar-refractivity contribution in [2.24, 2.45) is 10.7 Å². The minimum Gasteiger partial charge on any atom is -0.387 e. The van der Waals surface area contributed by atoms with Crippen molar-refractivity contribution in [2.45, 2.75) is 63.3 Å². The molecule has 0 spiro atoms. The van der Waals surface area contributed by atoms with Gasteiger partial charge in [0, 0.05) is 42.3 Å². The Bertz CT molecular complexity index is 1560. The Labute approximate surface area is 259 Å². The van der Waals surface area contributed by atoms with Gasteiger partial charge in [-0.25, -0.2) is 0 Å². The Morgan fingerprint density at radius 2 is 1.52 bits per heavy atom. The molecule has 1 aliphatic rings. The first-order chi connectivity index (χ1) is 21.3. The van der Waals surface area contributed by atoms with Crippen LogP contribution in [0.2, 0.25) is 0 Å². The zero-order chi connectivity index (χ0) is 31.3. The number of hydrogen-bond donors (Lipinski definition) is 3. The minimum absolute atomic E-state index is 0.00727. The van der Waals surface area contributed by atoms with E-state index in [-0.39, 0.29) is 17.8 Å². The third-order valence-electron chi connectivity index (χ3n) is 7.57. The predicted molar refractivity (Wildman–Crippen MR) is 175 cm³/mol. The lowest BCUT2D eigenvalue weighted by Gasteiger charge is -2.18. The lowest BCUT2D eigenvalue weighted by atomic mass is 9.99. The molecule has 0 fully saturated rings. The van der Waals surface area contributed by atoms with Crippen molar-refractivity contribution in [2.75, 3.05) is 0 Å². The Hall–Kier alpha value is -4.61. The first-order valence-electron chi connectivity index (χ1n) is 14.9. The molecule has 226 valence electrons. The van der Waals surface area contributed by atoms with E-state index in [9.17, 15) is 20.3 Å². The number of nitrogens with two attached hydrogens (primary N) is 1. The third kappa shape index (κ3) is 9.72. The second kappa shape index (κ2) is 16.3. The van der Waals surface area contributed by atoms with Crippen LogP contribution in [0.5, 0.6) is 0 Å². The molecule has 7 nitrogen and oxygen atoms in total. The summed E-state index contributed by atoms with van der Waals surface area (Å²) in [6.07, 6.45) is 2.75. The zero-order valence-electron chi connectivity index (χ0n) is 24.9. The first kappa shape index (κ1) is 32.3. The van der Waals surface area contributed by atoms with Crippen LogP contribution in [0.1, 0.15) is 65.7 Å². The van der Waals surface area contributed by atoms with Crippen molar-refractivity contribution in [3.8, 4) is 11.8 Å². The monoisotopic (exact) mass is 589 g/mol. The molecule has 0 saturated carbocycles. The number of hydrogen-bond acceptors (Lipinski definition) is 6. The number of non-ortho nitro benzene ring substituents is 1. The topological polar surface area (TPSA) is 122 Å². The van der Waals surface area contributed by atoms with E-state index < -0.39 is 17.1 Å². The van der Waals surface area contributed by atoms with Gasteiger partial charge in [0.1, 0.15) is 6.10 Å². The summed E-state index contributed by atoms with van der Waals surface area (Å²) in [5.74, 6) is 5.91. The quantitative estimate of drug-likeness (QED) is 0.114. The van der Waals surface area contributed by atoms with E-state index in [1.165, 1.54) is 29.0 Å². The molecule has 0 saturated heterocycles. The van der Waals surface area contributed by atoms with Crippen molar-refractivity contribution >= 4 is 11.4 Å². The van der Waals surface area contributed by atoms with E-state index in [1.54, 1.807) is 12.1 Å². The molecule has 7 heteroatoms. The number of rotatable bonds is 9. The SMILES string of the molecule is Cc1ccc(CC2=N[C@@H]([C@H](O)c3ccccc3)CC2)cc1.N[C@H](CCC#Cc1ccc([N+](=O)[O-])cc1)[C@H](O)c1ccccc1. The van der Waals surface area contributed by atoms with Crippen LogP contribution in [0.25, 0.3) is 0 Å². The predicted octanol–water partition coefficient (Wildman–Crippen LogP) is 6.66. The lowest BCUT2D eigenvalue weighted by Crippen LogP contribution is -2.28. The fraction of sp³-hybridized carbons (Fsp3) is 0.270. The van der Waals surface area contributed by atoms with Gasteiger partial charge in [-0.3, -0.25) is 15.1 Å². The lowest BCUT2D eigenvalue weighted by molar-refractivity contribution is -0.384. The number of aliphatic imine (C=N–C) groups is 1. The maximum atomic E-state index is 10.6. The van der Waals surface area contributed by atoms with Crippen LogP contribution in [0.4, 0.5) is 5.69 Å². The highest BCUT2D eigenvalue weighted by atomic mass is 16.6. The van der Waals surface area contributed by atoms with Crippen molar-refractivity contribution in [1.29, 1.82) is 0 Å². The zero-order valence-corrected chi connectivity index (χ0v) is 24.9. The number of aryl methyl sites for hydroxylation is 1. The molecule has 4 aromatic rings. The maximum absolute atomic E-state index is 10.6. The molecule has 1 aliphatic heterocycles. The van der Waals surface area contributed by atoms with Crippen LogP contribution >= 0.6 is 0 Å². The van der Waals surface area contributed by atoms with Crippen LogP contribution in [0, 0.1) is 28.9 Å². The van der Waals surface area contributed by atoms with Gasteiger partial charge in [0.2, 0.25) is 0 Å². The van der Waals surface area contributed by atoms with E-state index in [1.807, 2.05) is 60.7 Å². The number of aliphatic hydroxyl groups is 2. The molecule has 0 aliphatic carbocycles. The second-order valence-corrected chi connectivity index (χ2v) is 11.0. The summed E-state index contributed by atoms with van der Waals surface area (Å²) < 4.78 is 0. The third-order valence-corrected chi connectivity index (χ3v) is 7.57. The summed E-state index contributed by atoms with van der Waals surface area (Å²) in [6.45, 7) is 2.10. The van der Waals surface area contributed by atoms with E-state index in [4.69, 9.17) is 10.7 Å². The molecular formula is C37H39N3O4. The highest BCUT2D eigenvalue weighted by molar-refractivity contribution is 5.88. The van der Waals surface area contributed by atoms with E-state index in [0.717, 1.165) is 30.4 Å². The fourth-order valence-corrected chi connectivity index (χ4v) is 4.98. The molecule has 0 aromatic heterocycles. The van der Waals surface area contributed by atoms with Gasteiger partial charge >= 0.3 is 0 Å². The normalized spacial score (nSPS) is 15.9. The molecule has 44 heavy (non-hydrogen) atoms. The molecular weight excluding hydrogens is 550 g/mol. The van der Waals surface area contributed by atoms with Gasteiger partial charge in [-0.15, -0.1) is 0 Å². The standard InChI is InChI=1S/C19H21NO.C18H18N2O3/c1-14-7-9-15(10-8-14)13-17-11-12-18(20-17)19(21)16-5-3-2-4-6-16;19-17(18(21)15-7-2-1-3-8-15)9-5-4-6-14-10-12-16(13-11-14)20(22)23/h2-10,18-19,21H,11-13H2,1H3;1-3,7-8,10-13,17-18,21H,5,9,19H2/t18-,19-;17-,18-/m11/s1. The molecule has 0 radical (unpaired) electrons. The fourth-order valence-electron chi connectivity index (χ4n) is 4.98. The Kier molecular flexibility index (Phi) is 12.0. The summed E-state index contributed by atoms with van der Waals surface area (Å²) in [6, 6.07) is 33.4. The molecule has 0 bridgehead atoms. The van der Waals surface area contributed by atoms with Crippen LogP contribution in [0.15, 0.2) is 114 Å². The van der Waals surface area contributed by atoms with E-state index in [2.05, 4.69) is 43.0 Å². The molecule has 1 heterocycles. The molecule has 0 unspecified atom stereocenters. The number of nitrogens with zero attached hydrogens (tertiary/aromatic N) is 2. The van der Waals surface area contributed by atoms with Crippen LogP contribution in [-0.4, -0.2) is 32.9 Å². The summed E-state index contributed by atoms with van der Waals surface area (Å²) in [7, 11) is 0. The number of nitro groups is 1. The van der Waals surface area contributed by atoms with Crippen LogP contribution in [-0.2, 0) is 6.42 Å². The van der Waals surface area contributed by atoms with Crippen molar-refractivity contribution in [1.82, 2.24) is 0 Å². The highest BCUT2D eigenvalue weighted by Gasteiger charge is 2.25. The van der Waals surface area contributed by atoms with Gasteiger partial charge < -0.3 is 15.9 Å². The summed E-state index contributed by atoms with van der Waals surface area (Å²) in [5, 5.41) is 31.1. The molecule has 4 atom stereocenters. The van der Waals surface area contributed by atoms with Gasteiger partial charge in [-0.2, -0.15) is 0 Å². The summed E-state index contributed by atoms with van der Waals surface area (Å²) >= 11 is 0. The van der Waals surface area contributed by atoms with Gasteiger partial charge in [-0.1, -0.05) is 102 Å². The van der Waals surface area contributed by atoms with Gasteiger partial charge in [0.05, 0.1) is 17.1 Å². The largest absolute Gasteiger partial charge is 0.387 e. The van der Waals surface area contributed by atoms with E-state index in [0.29, 0.717) is 18.4 Å². The highest BCUT2D eigenvalue weighted by Crippen LogP contribution is 2.28. The Balaban J connectivity index is 0.000000201. The molecule has 0 amide bonds. The summed E-state index contributed by atoms with van der Waals surface area (Å²) in [5.41, 5.74) is 12.3. The van der Waals surface area contributed by atoms with Gasteiger partial charge in [0.15, 0.2) is 0 Å². The molecule has 4 aromatic carbocycles. The molecule has 4 N–H and O–H groups in total. The summed E-state index contributed by atoms with van der Waals surface area (Å²) in [4.78, 5) is 14.9. The maximum Gasteiger partial charge on any atom is 0.269 e. The first-order valence-corrected chi connectivity index (χ1v) is 14.9. The Morgan fingerprint density at radius 1 is 0.909 bits per heavy atom. The van der Waals surface area contributed by atoms with E-state index >= 15 is 0 Å². The molecule has 5 rings (SSSR count).